The highest BCUT2D eigenvalue weighted by atomic mass is 19.4. The second-order valence-electron chi connectivity index (χ2n) is 5.32. The number of carbonyl (C=O) groups excluding carboxylic acids is 1. The molecule has 4 nitrogen and oxygen atoms in total. The van der Waals surface area contributed by atoms with Crippen molar-refractivity contribution < 1.29 is 22.7 Å². The summed E-state index contributed by atoms with van der Waals surface area (Å²) in [5.74, 6) is 0. The summed E-state index contributed by atoms with van der Waals surface area (Å²) in [6.45, 7) is 5.44. The van der Waals surface area contributed by atoms with Crippen LogP contribution in [0.3, 0.4) is 0 Å². The number of nitrogens with zero attached hydrogens (tertiary/aromatic N) is 1. The SMILES string of the molecule is CC(C)(C)OC(=O)N([C@@H]1CCCNC1)C(F)(F)F. The Kier molecular flexibility index (Phi) is 4.47. The van der Waals surface area contributed by atoms with Crippen LogP contribution in [-0.4, -0.2) is 42.0 Å². The van der Waals surface area contributed by atoms with Gasteiger partial charge in [0.2, 0.25) is 0 Å². The van der Waals surface area contributed by atoms with E-state index >= 15 is 0 Å². The third-order valence-electron chi connectivity index (χ3n) is 2.50. The highest BCUT2D eigenvalue weighted by molar-refractivity contribution is 5.69. The fraction of sp³-hybridized carbons (Fsp3) is 0.909. The van der Waals surface area contributed by atoms with Crippen LogP contribution in [0.1, 0.15) is 33.6 Å². The Balaban J connectivity index is 2.81. The molecule has 1 amide bonds. The number of nitrogens with one attached hydrogen (secondary N) is 1. The van der Waals surface area contributed by atoms with E-state index in [1.54, 1.807) is 20.8 Å². The molecule has 0 unspecified atom stereocenters. The van der Waals surface area contributed by atoms with Crippen LogP contribution in [0.4, 0.5) is 18.0 Å². The summed E-state index contributed by atoms with van der Waals surface area (Å²) in [6, 6.07) is -0.895. The minimum atomic E-state index is -4.72. The molecule has 18 heavy (non-hydrogen) atoms. The first-order valence-electron chi connectivity index (χ1n) is 5.91. The standard InChI is InChI=1S/C11H19F3N2O2/c1-10(2,3)18-9(17)16(11(12,13)14)8-5-4-6-15-7-8/h8,15H,4-7H2,1-3H3/t8-/m1/s1. The number of carbonyl (C=O) groups is 1. The van der Waals surface area contributed by atoms with Crippen molar-refractivity contribution in [2.75, 3.05) is 13.1 Å². The van der Waals surface area contributed by atoms with Crippen LogP contribution in [0.2, 0.25) is 0 Å². The van der Waals surface area contributed by atoms with Crippen molar-refractivity contribution in [1.82, 2.24) is 10.2 Å². The molecule has 0 aromatic carbocycles. The van der Waals surface area contributed by atoms with Crippen LogP contribution in [0.15, 0.2) is 0 Å². The number of rotatable bonds is 1. The minimum absolute atomic E-state index is 0.107. The van der Waals surface area contributed by atoms with E-state index in [4.69, 9.17) is 4.74 Å². The molecule has 1 fully saturated rings. The quantitative estimate of drug-likeness (QED) is 0.743. The van der Waals surface area contributed by atoms with E-state index in [0.717, 1.165) is 0 Å². The van der Waals surface area contributed by atoms with Gasteiger partial charge in [-0.05, 0) is 40.2 Å². The molecule has 1 atom stereocenters. The normalized spacial score (nSPS) is 21.6. The molecule has 0 saturated carbocycles. The summed E-state index contributed by atoms with van der Waals surface area (Å²) in [5.41, 5.74) is -0.942. The van der Waals surface area contributed by atoms with Crippen LogP contribution in [0.25, 0.3) is 0 Å². The zero-order valence-electron chi connectivity index (χ0n) is 10.8. The van der Waals surface area contributed by atoms with Gasteiger partial charge in [-0.3, -0.25) is 0 Å². The van der Waals surface area contributed by atoms with Gasteiger partial charge in [0.15, 0.2) is 0 Å². The van der Waals surface area contributed by atoms with Gasteiger partial charge in [-0.25, -0.2) is 9.69 Å². The second kappa shape index (κ2) is 5.34. The molecule has 0 spiro atoms. The monoisotopic (exact) mass is 268 g/mol. The molecule has 106 valence electrons. The molecule has 1 aliphatic heterocycles. The van der Waals surface area contributed by atoms with Crippen molar-refractivity contribution in [1.29, 1.82) is 0 Å². The van der Waals surface area contributed by atoms with Gasteiger partial charge in [0.05, 0.1) is 6.04 Å². The summed E-state index contributed by atoms with van der Waals surface area (Å²) in [5, 5.41) is 2.86. The van der Waals surface area contributed by atoms with E-state index in [1.165, 1.54) is 0 Å². The first kappa shape index (κ1) is 15.1. The van der Waals surface area contributed by atoms with Crippen molar-refractivity contribution in [2.24, 2.45) is 0 Å². The molecule has 0 radical (unpaired) electrons. The smallest absolute Gasteiger partial charge is 0.444 e. The van der Waals surface area contributed by atoms with E-state index in [2.05, 4.69) is 5.32 Å². The van der Waals surface area contributed by atoms with Crippen LogP contribution < -0.4 is 5.32 Å². The lowest BCUT2D eigenvalue weighted by Crippen LogP contribution is -2.55. The molecule has 0 bridgehead atoms. The van der Waals surface area contributed by atoms with E-state index < -0.39 is 24.0 Å². The fourth-order valence-corrected chi connectivity index (χ4v) is 1.82. The molecule has 1 aliphatic rings. The minimum Gasteiger partial charge on any atom is -0.444 e. The van der Waals surface area contributed by atoms with Gasteiger partial charge >= 0.3 is 12.4 Å². The second-order valence-corrected chi connectivity index (χ2v) is 5.32. The van der Waals surface area contributed by atoms with Crippen molar-refractivity contribution in [2.45, 2.75) is 51.6 Å². The van der Waals surface area contributed by atoms with E-state index in [9.17, 15) is 18.0 Å². The summed E-state index contributed by atoms with van der Waals surface area (Å²) in [6.07, 6.45) is -5.11. The number of amides is 1. The van der Waals surface area contributed by atoms with Crippen molar-refractivity contribution in [3.8, 4) is 0 Å². The summed E-state index contributed by atoms with van der Waals surface area (Å²) >= 11 is 0. The Morgan fingerprint density at radius 2 is 1.94 bits per heavy atom. The molecule has 1 N–H and O–H groups in total. The molecular formula is C11H19F3N2O2. The van der Waals surface area contributed by atoms with Crippen molar-refractivity contribution in [3.05, 3.63) is 0 Å². The number of alkyl halides is 3. The van der Waals surface area contributed by atoms with Crippen molar-refractivity contribution >= 4 is 6.09 Å². The van der Waals surface area contributed by atoms with Crippen LogP contribution in [0.5, 0.6) is 0 Å². The molecule has 1 rings (SSSR count). The molecule has 0 aromatic heterocycles. The summed E-state index contributed by atoms with van der Waals surface area (Å²) in [4.78, 5) is 11.6. The van der Waals surface area contributed by atoms with Gasteiger partial charge in [-0.15, -0.1) is 13.2 Å². The lowest BCUT2D eigenvalue weighted by atomic mass is 10.1. The van der Waals surface area contributed by atoms with Gasteiger partial charge in [0.1, 0.15) is 5.60 Å². The van der Waals surface area contributed by atoms with E-state index in [-0.39, 0.29) is 11.4 Å². The summed E-state index contributed by atoms with van der Waals surface area (Å²) < 4.78 is 43.6. The van der Waals surface area contributed by atoms with E-state index in [0.29, 0.717) is 19.4 Å². The third-order valence-corrected chi connectivity index (χ3v) is 2.50. The van der Waals surface area contributed by atoms with Crippen molar-refractivity contribution in [3.63, 3.8) is 0 Å². The first-order chi connectivity index (χ1) is 8.11. The Morgan fingerprint density at radius 3 is 2.33 bits per heavy atom. The molecule has 0 aromatic rings. The van der Waals surface area contributed by atoms with Gasteiger partial charge in [0.25, 0.3) is 0 Å². The molecule has 1 heterocycles. The van der Waals surface area contributed by atoms with Gasteiger partial charge < -0.3 is 10.1 Å². The number of piperidine rings is 1. The molecule has 7 heteroatoms. The number of halogens is 3. The van der Waals surface area contributed by atoms with E-state index in [1.807, 2.05) is 0 Å². The van der Waals surface area contributed by atoms with Gasteiger partial charge in [-0.1, -0.05) is 0 Å². The van der Waals surface area contributed by atoms with Crippen LogP contribution in [0, 0.1) is 0 Å². The average Bonchev–Trinajstić information content (AvgIpc) is 2.13. The highest BCUT2D eigenvalue weighted by Crippen LogP contribution is 2.28. The predicted molar refractivity (Wildman–Crippen MR) is 60.0 cm³/mol. The Labute approximate surface area is 104 Å². The third kappa shape index (κ3) is 4.36. The maximum Gasteiger partial charge on any atom is 0.490 e. The lowest BCUT2D eigenvalue weighted by Gasteiger charge is -2.36. The first-order valence-corrected chi connectivity index (χ1v) is 5.91. The van der Waals surface area contributed by atoms with Crippen LogP contribution >= 0.6 is 0 Å². The largest absolute Gasteiger partial charge is 0.490 e. The zero-order valence-corrected chi connectivity index (χ0v) is 10.8. The topological polar surface area (TPSA) is 41.6 Å². The Hall–Kier alpha value is -0.980. The maximum absolute atomic E-state index is 12.9. The number of hydrogen-bond acceptors (Lipinski definition) is 3. The average molecular weight is 268 g/mol. The fourth-order valence-electron chi connectivity index (χ4n) is 1.82. The molecule has 1 saturated heterocycles. The van der Waals surface area contributed by atoms with Gasteiger partial charge in [-0.2, -0.15) is 0 Å². The number of hydrogen-bond donors (Lipinski definition) is 1. The molecule has 0 aliphatic carbocycles. The summed E-state index contributed by atoms with van der Waals surface area (Å²) in [7, 11) is 0. The predicted octanol–water partition coefficient (Wildman–Crippen LogP) is 2.50. The number of ether oxygens (including phenoxy) is 1. The van der Waals surface area contributed by atoms with Crippen LogP contribution in [-0.2, 0) is 4.74 Å². The Morgan fingerprint density at radius 1 is 1.33 bits per heavy atom. The highest BCUT2D eigenvalue weighted by Gasteiger charge is 2.47. The Bertz CT molecular complexity index is 294. The lowest BCUT2D eigenvalue weighted by molar-refractivity contribution is -0.245. The van der Waals surface area contributed by atoms with Gasteiger partial charge in [0, 0.05) is 6.54 Å². The maximum atomic E-state index is 12.9. The zero-order chi connectivity index (χ0) is 14.0. The molecular weight excluding hydrogens is 249 g/mol.